The Kier molecular flexibility index (Phi) is 6.75. The lowest BCUT2D eigenvalue weighted by Gasteiger charge is -2.51. The zero-order chi connectivity index (χ0) is 40.2. The minimum atomic E-state index is -0.215. The Hall–Kier alpha value is -6.56. The lowest BCUT2D eigenvalue weighted by Crippen LogP contribution is -2.63. The van der Waals surface area contributed by atoms with Crippen molar-refractivity contribution in [3.05, 3.63) is 174 Å². The molecule has 0 spiro atoms. The number of nitrogens with zero attached hydrogens (tertiary/aromatic N) is 2. The minimum absolute atomic E-state index is 0.0270. The SMILES string of the molecule is CC(C)(C)c1ccc(N2c3cc4c(oc5ccccc54)c4c3B(c3c2ccc2c3sc3ccccc32)N2c3ccccc3C(C)(C)c3cccc-4c32)c(-c2ccccc2)c1. The van der Waals surface area contributed by atoms with E-state index in [2.05, 4.69) is 202 Å². The Balaban J connectivity index is 1.26. The van der Waals surface area contributed by atoms with Gasteiger partial charge in [0, 0.05) is 75.8 Å². The van der Waals surface area contributed by atoms with E-state index in [1.54, 1.807) is 0 Å². The summed E-state index contributed by atoms with van der Waals surface area (Å²) in [5, 5.41) is 4.89. The zero-order valence-corrected chi connectivity index (χ0v) is 35.1. The van der Waals surface area contributed by atoms with E-state index >= 15 is 0 Å². The van der Waals surface area contributed by atoms with Crippen LogP contribution in [0.25, 0.3) is 64.4 Å². The standard InChI is InChI=1S/C55H41BN2OS/c1-54(2,3)33-26-28-42(38(30-33)32-16-7-6-8-17-32)57-44-29-27-36-35-19-10-14-25-47(35)60-53(36)50(44)56-49-45(57)31-39-34-18-9-13-24-46(34)59-52(39)48(49)37-20-15-22-41-51(37)58(56)43-23-12-11-21-40(43)55(41,4)5/h6-31H,1-5H3. The van der Waals surface area contributed by atoms with E-state index in [9.17, 15) is 0 Å². The Morgan fingerprint density at radius 3 is 2.15 bits per heavy atom. The van der Waals surface area contributed by atoms with Gasteiger partial charge in [-0.3, -0.25) is 0 Å². The molecule has 0 atom stereocenters. The van der Waals surface area contributed by atoms with Crippen molar-refractivity contribution in [2.75, 3.05) is 9.71 Å². The highest BCUT2D eigenvalue weighted by molar-refractivity contribution is 7.27. The van der Waals surface area contributed by atoms with Crippen LogP contribution in [0.1, 0.15) is 51.3 Å². The highest BCUT2D eigenvalue weighted by atomic mass is 32.1. The van der Waals surface area contributed by atoms with Crippen LogP contribution in [0.3, 0.4) is 0 Å². The summed E-state index contributed by atoms with van der Waals surface area (Å²) in [6, 6.07) is 59.1. The smallest absolute Gasteiger partial charge is 0.334 e. The zero-order valence-electron chi connectivity index (χ0n) is 34.3. The van der Waals surface area contributed by atoms with Crippen molar-refractivity contribution in [2.24, 2.45) is 0 Å². The molecule has 10 aromatic rings. The molecule has 0 unspecified atom stereocenters. The van der Waals surface area contributed by atoms with Crippen LogP contribution in [0.5, 0.6) is 0 Å². The average molecular weight is 789 g/mol. The van der Waals surface area contributed by atoms with Gasteiger partial charge in [0.15, 0.2) is 0 Å². The second kappa shape index (κ2) is 11.8. The van der Waals surface area contributed by atoms with Gasteiger partial charge in [0.05, 0.1) is 5.69 Å². The molecule has 3 nitrogen and oxygen atoms in total. The first-order chi connectivity index (χ1) is 29.2. The van der Waals surface area contributed by atoms with Crippen molar-refractivity contribution in [3.8, 4) is 22.3 Å². The second-order valence-corrected chi connectivity index (χ2v) is 19.5. The maximum absolute atomic E-state index is 7.10. The largest absolute Gasteiger partial charge is 0.455 e. The van der Waals surface area contributed by atoms with Gasteiger partial charge in [-0.2, -0.15) is 0 Å². The Morgan fingerprint density at radius 2 is 1.30 bits per heavy atom. The molecule has 5 heteroatoms. The number of furan rings is 1. The number of rotatable bonds is 2. The summed E-state index contributed by atoms with van der Waals surface area (Å²) in [4.78, 5) is 5.32. The predicted molar refractivity (Wildman–Crippen MR) is 257 cm³/mol. The van der Waals surface area contributed by atoms with Gasteiger partial charge in [-0.25, -0.2) is 0 Å². The quantitative estimate of drug-likeness (QED) is 0.163. The molecule has 0 fully saturated rings. The fraction of sp³-hybridized carbons (Fsp3) is 0.127. The fourth-order valence-corrected chi connectivity index (χ4v) is 12.2. The van der Waals surface area contributed by atoms with Gasteiger partial charge in [-0.1, -0.05) is 150 Å². The topological polar surface area (TPSA) is 19.6 Å². The van der Waals surface area contributed by atoms with Crippen molar-refractivity contribution in [1.82, 2.24) is 0 Å². The number of hydrogen-bond acceptors (Lipinski definition) is 4. The molecule has 286 valence electrons. The summed E-state index contributed by atoms with van der Waals surface area (Å²) < 4.78 is 9.75. The summed E-state index contributed by atoms with van der Waals surface area (Å²) in [5.74, 6) is 0. The maximum atomic E-state index is 7.10. The minimum Gasteiger partial charge on any atom is -0.455 e. The van der Waals surface area contributed by atoms with Gasteiger partial charge in [0.2, 0.25) is 0 Å². The molecule has 0 bridgehead atoms. The van der Waals surface area contributed by atoms with E-state index in [1.165, 1.54) is 98.5 Å². The molecule has 60 heavy (non-hydrogen) atoms. The molecule has 2 aromatic heterocycles. The van der Waals surface area contributed by atoms with E-state index in [0.717, 1.165) is 21.9 Å². The van der Waals surface area contributed by atoms with Gasteiger partial charge in [0.1, 0.15) is 11.2 Å². The highest BCUT2D eigenvalue weighted by Gasteiger charge is 2.52. The van der Waals surface area contributed by atoms with Crippen LogP contribution in [0.4, 0.5) is 28.4 Å². The third-order valence-electron chi connectivity index (χ3n) is 13.8. The molecular formula is C55H41BN2OS. The van der Waals surface area contributed by atoms with Crippen molar-refractivity contribution in [1.29, 1.82) is 0 Å². The van der Waals surface area contributed by atoms with Gasteiger partial charge in [-0.15, -0.1) is 11.3 Å². The normalized spacial score (nSPS) is 14.8. The molecule has 0 radical (unpaired) electrons. The number of hydrogen-bond donors (Lipinski definition) is 0. The Labute approximate surface area is 354 Å². The fourth-order valence-electron chi connectivity index (χ4n) is 10.9. The summed E-state index contributed by atoms with van der Waals surface area (Å²) in [5.41, 5.74) is 19.3. The molecule has 8 aromatic carbocycles. The van der Waals surface area contributed by atoms with Crippen LogP contribution in [-0.4, -0.2) is 6.85 Å². The second-order valence-electron chi connectivity index (χ2n) is 18.4. The first kappa shape index (κ1) is 34.3. The van der Waals surface area contributed by atoms with Gasteiger partial charge >= 0.3 is 6.85 Å². The number of thiophene rings is 1. The molecular weight excluding hydrogens is 747 g/mol. The molecule has 0 saturated heterocycles. The monoisotopic (exact) mass is 788 g/mol. The van der Waals surface area contributed by atoms with Crippen LogP contribution in [0, 0.1) is 0 Å². The van der Waals surface area contributed by atoms with E-state index < -0.39 is 0 Å². The molecule has 0 N–H and O–H groups in total. The third-order valence-corrected chi connectivity index (χ3v) is 15.0. The lowest BCUT2D eigenvalue weighted by atomic mass is 9.42. The van der Waals surface area contributed by atoms with E-state index in [-0.39, 0.29) is 17.7 Å². The van der Waals surface area contributed by atoms with Crippen LogP contribution in [0.2, 0.25) is 0 Å². The number of fused-ring (bicyclic) bond motifs is 14. The first-order valence-corrected chi connectivity index (χ1v) is 21.9. The Bertz CT molecular complexity index is 3480. The highest BCUT2D eigenvalue weighted by Crippen LogP contribution is 2.58. The van der Waals surface area contributed by atoms with E-state index in [1.807, 2.05) is 11.3 Å². The third kappa shape index (κ3) is 4.40. The maximum Gasteiger partial charge on any atom is 0.334 e. The first-order valence-electron chi connectivity index (χ1n) is 21.1. The summed E-state index contributed by atoms with van der Waals surface area (Å²) in [6.07, 6.45) is 0. The molecule has 3 aliphatic rings. The Morgan fingerprint density at radius 1 is 0.567 bits per heavy atom. The van der Waals surface area contributed by atoms with Crippen molar-refractivity contribution >= 4 is 99.7 Å². The summed E-state index contributed by atoms with van der Waals surface area (Å²) in [7, 11) is 0. The predicted octanol–water partition coefficient (Wildman–Crippen LogP) is 14.3. The van der Waals surface area contributed by atoms with E-state index in [0.29, 0.717) is 0 Å². The lowest BCUT2D eigenvalue weighted by molar-refractivity contribution is 0.590. The van der Waals surface area contributed by atoms with Gasteiger partial charge in [-0.05, 0) is 81.1 Å². The van der Waals surface area contributed by atoms with Gasteiger partial charge < -0.3 is 14.1 Å². The molecule has 0 aliphatic carbocycles. The van der Waals surface area contributed by atoms with Crippen molar-refractivity contribution in [3.63, 3.8) is 0 Å². The van der Waals surface area contributed by atoms with Crippen LogP contribution >= 0.6 is 11.3 Å². The molecule has 13 rings (SSSR count). The molecule has 5 heterocycles. The van der Waals surface area contributed by atoms with Crippen molar-refractivity contribution < 1.29 is 4.42 Å². The number of benzene rings is 8. The van der Waals surface area contributed by atoms with Crippen LogP contribution < -0.4 is 20.6 Å². The average Bonchev–Trinajstić information content (AvgIpc) is 3.84. The van der Waals surface area contributed by atoms with Crippen LogP contribution in [-0.2, 0) is 10.8 Å². The van der Waals surface area contributed by atoms with Gasteiger partial charge in [0.25, 0.3) is 0 Å². The summed E-state index contributed by atoms with van der Waals surface area (Å²) in [6.45, 7) is 11.6. The molecule has 0 saturated carbocycles. The van der Waals surface area contributed by atoms with Crippen LogP contribution in [0.15, 0.2) is 162 Å². The number of anilines is 5. The van der Waals surface area contributed by atoms with Crippen molar-refractivity contribution in [2.45, 2.75) is 45.4 Å². The molecule has 0 amide bonds. The molecule has 3 aliphatic heterocycles. The summed E-state index contributed by atoms with van der Waals surface area (Å²) >= 11 is 1.93. The number of para-hydroxylation sites is 3. The van der Waals surface area contributed by atoms with E-state index in [4.69, 9.17) is 4.42 Å².